The van der Waals surface area contributed by atoms with Crippen LogP contribution in [0.5, 0.6) is 0 Å². The number of benzene rings is 1. The summed E-state index contributed by atoms with van der Waals surface area (Å²) in [6.45, 7) is 6.05. The number of hydrogen-bond donors (Lipinski definition) is 1. The molecule has 0 saturated heterocycles. The highest BCUT2D eigenvalue weighted by Crippen LogP contribution is 2.29. The molecule has 1 aromatic carbocycles. The van der Waals surface area contributed by atoms with E-state index in [-0.39, 0.29) is 6.04 Å². The van der Waals surface area contributed by atoms with Gasteiger partial charge in [0.2, 0.25) is 0 Å². The van der Waals surface area contributed by atoms with Gasteiger partial charge in [0.1, 0.15) is 0 Å². The number of anilines is 1. The maximum Gasteiger partial charge on any atom is 0.339 e. The Labute approximate surface area is 133 Å². The van der Waals surface area contributed by atoms with E-state index < -0.39 is 5.97 Å². The second-order valence-corrected chi connectivity index (χ2v) is 6.38. The number of halogens is 1. The molecule has 0 spiro atoms. The number of aryl methyl sites for hydroxylation is 2. The highest BCUT2D eigenvalue weighted by Gasteiger charge is 2.15. The van der Waals surface area contributed by atoms with Gasteiger partial charge in [-0.25, -0.2) is 9.78 Å². The molecular formula is C15H17ClN2O2S. The standard InChI is InChI=1S/C15H17ClN2O2S/c1-8-14(21-10(3)17-8)9(2)18-11-5-6-13(16)12(7-11)15(19)20-4/h5-7,9,18H,1-4H3. The monoisotopic (exact) mass is 324 g/mol. The van der Waals surface area contributed by atoms with E-state index in [0.29, 0.717) is 10.6 Å². The number of thiazole rings is 1. The van der Waals surface area contributed by atoms with Gasteiger partial charge in [0.05, 0.1) is 34.4 Å². The van der Waals surface area contributed by atoms with Gasteiger partial charge < -0.3 is 10.1 Å². The molecule has 6 heteroatoms. The minimum atomic E-state index is -0.443. The normalized spacial score (nSPS) is 12.0. The number of ether oxygens (including phenoxy) is 1. The number of aromatic nitrogens is 1. The van der Waals surface area contributed by atoms with Crippen molar-refractivity contribution < 1.29 is 9.53 Å². The van der Waals surface area contributed by atoms with Crippen LogP contribution in [0.3, 0.4) is 0 Å². The number of esters is 1. The van der Waals surface area contributed by atoms with Crippen LogP contribution >= 0.6 is 22.9 Å². The van der Waals surface area contributed by atoms with Crippen molar-refractivity contribution in [2.75, 3.05) is 12.4 Å². The molecule has 0 fully saturated rings. The number of hydrogen-bond acceptors (Lipinski definition) is 5. The number of rotatable bonds is 4. The third-order valence-corrected chi connectivity index (χ3v) is 4.67. The molecule has 1 aromatic heterocycles. The third kappa shape index (κ3) is 3.54. The van der Waals surface area contributed by atoms with E-state index in [0.717, 1.165) is 16.4 Å². The van der Waals surface area contributed by atoms with Crippen LogP contribution < -0.4 is 5.32 Å². The summed E-state index contributed by atoms with van der Waals surface area (Å²) in [5, 5.41) is 4.79. The van der Waals surface area contributed by atoms with Gasteiger partial charge >= 0.3 is 5.97 Å². The molecule has 0 aliphatic heterocycles. The van der Waals surface area contributed by atoms with Gasteiger partial charge in [0.25, 0.3) is 0 Å². The highest BCUT2D eigenvalue weighted by atomic mass is 35.5. The van der Waals surface area contributed by atoms with Crippen molar-refractivity contribution in [1.29, 1.82) is 0 Å². The average molecular weight is 325 g/mol. The molecule has 1 N–H and O–H groups in total. The number of carbonyl (C=O) groups is 1. The lowest BCUT2D eigenvalue weighted by atomic mass is 10.1. The first kappa shape index (κ1) is 15.8. The lowest BCUT2D eigenvalue weighted by molar-refractivity contribution is 0.0601. The van der Waals surface area contributed by atoms with Gasteiger partial charge in [0.15, 0.2) is 0 Å². The largest absolute Gasteiger partial charge is 0.465 e. The van der Waals surface area contributed by atoms with E-state index in [9.17, 15) is 4.79 Å². The first-order chi connectivity index (χ1) is 9.92. The van der Waals surface area contributed by atoms with Crippen LogP contribution in [0.15, 0.2) is 18.2 Å². The summed E-state index contributed by atoms with van der Waals surface area (Å²) in [5.41, 5.74) is 2.20. The number of nitrogens with one attached hydrogen (secondary N) is 1. The van der Waals surface area contributed by atoms with Gasteiger partial charge in [-0.3, -0.25) is 0 Å². The van der Waals surface area contributed by atoms with Crippen molar-refractivity contribution in [2.45, 2.75) is 26.8 Å². The zero-order valence-electron chi connectivity index (χ0n) is 12.4. The van der Waals surface area contributed by atoms with Crippen molar-refractivity contribution in [3.05, 3.63) is 44.4 Å². The molecule has 0 bridgehead atoms. The Morgan fingerprint density at radius 3 is 2.71 bits per heavy atom. The van der Waals surface area contributed by atoms with Crippen molar-refractivity contribution >= 4 is 34.6 Å². The average Bonchev–Trinajstić information content (AvgIpc) is 2.79. The molecule has 0 aliphatic rings. The second kappa shape index (κ2) is 6.45. The van der Waals surface area contributed by atoms with E-state index in [1.54, 1.807) is 23.5 Å². The summed E-state index contributed by atoms with van der Waals surface area (Å²) in [6, 6.07) is 5.33. The van der Waals surface area contributed by atoms with Gasteiger partial charge in [0, 0.05) is 10.6 Å². The molecule has 0 aliphatic carbocycles. The minimum Gasteiger partial charge on any atom is -0.465 e. The number of methoxy groups -OCH3 is 1. The molecule has 1 unspecified atom stereocenters. The molecule has 0 amide bonds. The maximum atomic E-state index is 11.7. The van der Waals surface area contributed by atoms with E-state index in [1.165, 1.54) is 12.0 Å². The molecule has 1 atom stereocenters. The van der Waals surface area contributed by atoms with Crippen LogP contribution in [0.1, 0.15) is 38.9 Å². The van der Waals surface area contributed by atoms with Crippen LogP contribution in [0.25, 0.3) is 0 Å². The topological polar surface area (TPSA) is 51.2 Å². The molecule has 0 saturated carbocycles. The minimum absolute atomic E-state index is 0.0999. The van der Waals surface area contributed by atoms with Crippen molar-refractivity contribution in [3.63, 3.8) is 0 Å². The van der Waals surface area contributed by atoms with Crippen molar-refractivity contribution in [3.8, 4) is 0 Å². The number of nitrogens with zero attached hydrogens (tertiary/aromatic N) is 1. The third-order valence-electron chi connectivity index (χ3n) is 3.09. The zero-order valence-corrected chi connectivity index (χ0v) is 13.9. The summed E-state index contributed by atoms with van der Waals surface area (Å²) in [5.74, 6) is -0.443. The Bertz CT molecular complexity index is 670. The molecule has 0 radical (unpaired) electrons. The van der Waals surface area contributed by atoms with Gasteiger partial charge in [-0.1, -0.05) is 11.6 Å². The number of carbonyl (C=O) groups excluding carboxylic acids is 1. The van der Waals surface area contributed by atoms with E-state index in [2.05, 4.69) is 17.2 Å². The van der Waals surface area contributed by atoms with E-state index >= 15 is 0 Å². The molecule has 2 rings (SSSR count). The van der Waals surface area contributed by atoms with Crippen molar-refractivity contribution in [2.24, 2.45) is 0 Å². The lowest BCUT2D eigenvalue weighted by Crippen LogP contribution is -2.08. The van der Waals surface area contributed by atoms with Crippen LogP contribution in [-0.4, -0.2) is 18.1 Å². The van der Waals surface area contributed by atoms with Crippen LogP contribution in [0.4, 0.5) is 5.69 Å². The summed E-state index contributed by atoms with van der Waals surface area (Å²) >= 11 is 7.68. The maximum absolute atomic E-state index is 11.7. The van der Waals surface area contributed by atoms with Gasteiger partial charge in [-0.2, -0.15) is 0 Å². The predicted octanol–water partition coefficient (Wildman–Crippen LogP) is 4.37. The summed E-state index contributed by atoms with van der Waals surface area (Å²) in [7, 11) is 1.34. The summed E-state index contributed by atoms with van der Waals surface area (Å²) in [6.07, 6.45) is 0. The molecule has 1 heterocycles. The quantitative estimate of drug-likeness (QED) is 0.848. The fraction of sp³-hybridized carbons (Fsp3) is 0.333. The lowest BCUT2D eigenvalue weighted by Gasteiger charge is -2.15. The fourth-order valence-electron chi connectivity index (χ4n) is 2.15. The van der Waals surface area contributed by atoms with Gasteiger partial charge in [-0.05, 0) is 39.0 Å². The first-order valence-electron chi connectivity index (χ1n) is 6.50. The Kier molecular flexibility index (Phi) is 4.85. The highest BCUT2D eigenvalue weighted by molar-refractivity contribution is 7.11. The molecule has 21 heavy (non-hydrogen) atoms. The van der Waals surface area contributed by atoms with Crippen LogP contribution in [-0.2, 0) is 4.74 Å². The molecular weight excluding hydrogens is 308 g/mol. The predicted molar refractivity (Wildman–Crippen MR) is 86.4 cm³/mol. The van der Waals surface area contributed by atoms with Crippen LogP contribution in [0.2, 0.25) is 5.02 Å². The SMILES string of the molecule is COC(=O)c1cc(NC(C)c2sc(C)nc2C)ccc1Cl. The molecule has 2 aromatic rings. The zero-order chi connectivity index (χ0) is 15.6. The van der Waals surface area contributed by atoms with E-state index in [4.69, 9.17) is 16.3 Å². The Morgan fingerprint density at radius 1 is 1.43 bits per heavy atom. The van der Waals surface area contributed by atoms with E-state index in [1.807, 2.05) is 19.9 Å². The first-order valence-corrected chi connectivity index (χ1v) is 7.70. The Hall–Kier alpha value is -1.59. The smallest absolute Gasteiger partial charge is 0.339 e. The Balaban J connectivity index is 2.23. The van der Waals surface area contributed by atoms with Crippen LogP contribution in [0, 0.1) is 13.8 Å². The second-order valence-electron chi connectivity index (χ2n) is 4.73. The van der Waals surface area contributed by atoms with Crippen molar-refractivity contribution in [1.82, 2.24) is 4.98 Å². The summed E-state index contributed by atoms with van der Waals surface area (Å²) in [4.78, 5) is 17.3. The summed E-state index contributed by atoms with van der Waals surface area (Å²) < 4.78 is 4.73. The fourth-order valence-corrected chi connectivity index (χ4v) is 3.27. The van der Waals surface area contributed by atoms with Gasteiger partial charge in [-0.15, -0.1) is 11.3 Å². The Morgan fingerprint density at radius 2 is 2.14 bits per heavy atom. The molecule has 112 valence electrons. The molecule has 4 nitrogen and oxygen atoms in total.